The number of amides is 3. The van der Waals surface area contributed by atoms with Crippen LogP contribution in [0.2, 0.25) is 0 Å². The van der Waals surface area contributed by atoms with Gasteiger partial charge >= 0.3 is 0 Å². The van der Waals surface area contributed by atoms with Gasteiger partial charge in [-0.05, 0) is 25.0 Å². The summed E-state index contributed by atoms with van der Waals surface area (Å²) >= 11 is 0. The SMILES string of the molecule is O=C(CCCCCC1NC(=O)c2ccccc2NC1=O)NO. The van der Waals surface area contributed by atoms with Crippen LogP contribution in [0, 0.1) is 0 Å². The number of para-hydroxylation sites is 1. The number of carbonyl (C=O) groups is 3. The van der Waals surface area contributed by atoms with Gasteiger partial charge < -0.3 is 10.6 Å². The number of anilines is 1. The lowest BCUT2D eigenvalue weighted by atomic mass is 10.1. The van der Waals surface area contributed by atoms with E-state index in [1.807, 2.05) is 0 Å². The van der Waals surface area contributed by atoms with E-state index in [1.54, 1.807) is 29.7 Å². The van der Waals surface area contributed by atoms with Crippen LogP contribution in [-0.4, -0.2) is 29.0 Å². The highest BCUT2D eigenvalue weighted by molar-refractivity contribution is 6.09. The topological polar surface area (TPSA) is 108 Å². The Hall–Kier alpha value is -2.41. The summed E-state index contributed by atoms with van der Waals surface area (Å²) < 4.78 is 0. The zero-order chi connectivity index (χ0) is 15.9. The number of hydrogen-bond donors (Lipinski definition) is 4. The molecule has 7 heteroatoms. The van der Waals surface area contributed by atoms with Gasteiger partial charge in [0.05, 0.1) is 11.3 Å². The first-order valence-electron chi connectivity index (χ1n) is 7.25. The van der Waals surface area contributed by atoms with Crippen molar-refractivity contribution in [3.8, 4) is 0 Å². The molecule has 0 aromatic heterocycles. The van der Waals surface area contributed by atoms with E-state index in [0.717, 1.165) is 6.42 Å². The van der Waals surface area contributed by atoms with Crippen molar-refractivity contribution in [2.45, 2.75) is 38.1 Å². The van der Waals surface area contributed by atoms with Gasteiger partial charge in [0, 0.05) is 6.42 Å². The van der Waals surface area contributed by atoms with Gasteiger partial charge in [0.25, 0.3) is 5.91 Å². The molecule has 1 aromatic carbocycles. The van der Waals surface area contributed by atoms with Crippen molar-refractivity contribution in [3.63, 3.8) is 0 Å². The lowest BCUT2D eigenvalue weighted by Gasteiger charge is -2.14. The lowest BCUT2D eigenvalue weighted by Crippen LogP contribution is -2.41. The molecule has 1 heterocycles. The Balaban J connectivity index is 1.85. The van der Waals surface area contributed by atoms with Crippen molar-refractivity contribution >= 4 is 23.4 Å². The Labute approximate surface area is 128 Å². The van der Waals surface area contributed by atoms with Gasteiger partial charge in [0.1, 0.15) is 6.04 Å². The van der Waals surface area contributed by atoms with Crippen LogP contribution in [0.4, 0.5) is 5.69 Å². The molecular formula is C15H19N3O4. The fourth-order valence-corrected chi connectivity index (χ4v) is 2.38. The van der Waals surface area contributed by atoms with Crippen LogP contribution in [0.5, 0.6) is 0 Å². The molecular weight excluding hydrogens is 286 g/mol. The first-order valence-corrected chi connectivity index (χ1v) is 7.25. The highest BCUT2D eigenvalue weighted by Gasteiger charge is 2.26. The highest BCUT2D eigenvalue weighted by Crippen LogP contribution is 2.19. The molecule has 118 valence electrons. The van der Waals surface area contributed by atoms with Gasteiger partial charge in [-0.3, -0.25) is 19.6 Å². The summed E-state index contributed by atoms with van der Waals surface area (Å²) in [6, 6.07) is 6.30. The average Bonchev–Trinajstić information content (AvgIpc) is 2.64. The van der Waals surface area contributed by atoms with Crippen LogP contribution in [0.25, 0.3) is 0 Å². The van der Waals surface area contributed by atoms with Crippen molar-refractivity contribution < 1.29 is 19.6 Å². The second kappa shape index (κ2) is 7.56. The van der Waals surface area contributed by atoms with Crippen LogP contribution >= 0.6 is 0 Å². The van der Waals surface area contributed by atoms with Gasteiger partial charge in [-0.1, -0.05) is 25.0 Å². The van der Waals surface area contributed by atoms with E-state index < -0.39 is 11.9 Å². The van der Waals surface area contributed by atoms with Crippen molar-refractivity contribution in [1.82, 2.24) is 10.8 Å². The number of hydroxylamine groups is 1. The predicted octanol–water partition coefficient (Wildman–Crippen LogP) is 1.19. The Morgan fingerprint density at radius 1 is 1.18 bits per heavy atom. The molecule has 0 spiro atoms. The van der Waals surface area contributed by atoms with Crippen LogP contribution in [0.3, 0.4) is 0 Å². The van der Waals surface area contributed by atoms with Crippen LogP contribution < -0.4 is 16.1 Å². The summed E-state index contributed by atoms with van der Waals surface area (Å²) in [6.45, 7) is 0. The summed E-state index contributed by atoms with van der Waals surface area (Å²) in [5.41, 5.74) is 2.55. The fraction of sp³-hybridized carbons (Fsp3) is 0.400. The lowest BCUT2D eigenvalue weighted by molar-refractivity contribution is -0.129. The Morgan fingerprint density at radius 3 is 2.73 bits per heavy atom. The van der Waals surface area contributed by atoms with Crippen molar-refractivity contribution in [2.24, 2.45) is 0 Å². The number of benzene rings is 1. The molecule has 1 aliphatic rings. The smallest absolute Gasteiger partial charge is 0.254 e. The molecule has 3 amide bonds. The van der Waals surface area contributed by atoms with Crippen LogP contribution in [0.1, 0.15) is 42.5 Å². The van der Waals surface area contributed by atoms with Crippen molar-refractivity contribution in [1.29, 1.82) is 0 Å². The Kier molecular flexibility index (Phi) is 5.48. The second-order valence-corrected chi connectivity index (χ2v) is 5.20. The van der Waals surface area contributed by atoms with Crippen molar-refractivity contribution in [3.05, 3.63) is 29.8 Å². The number of nitrogens with one attached hydrogen (secondary N) is 3. The minimum atomic E-state index is -0.577. The minimum Gasteiger partial charge on any atom is -0.340 e. The number of hydrogen-bond acceptors (Lipinski definition) is 4. The largest absolute Gasteiger partial charge is 0.340 e. The monoisotopic (exact) mass is 305 g/mol. The van der Waals surface area contributed by atoms with E-state index in [4.69, 9.17) is 5.21 Å². The number of unbranched alkanes of at least 4 members (excludes halogenated alkanes) is 2. The summed E-state index contributed by atoms with van der Waals surface area (Å²) in [4.78, 5) is 35.1. The standard InChI is InChI=1S/C15H19N3O4/c19-13(18-22)9-3-1-2-8-12-15(21)16-11-7-5-4-6-10(11)14(20)17-12/h4-7,12,22H,1-3,8-9H2,(H,16,21)(H,17,20)(H,18,19). The van der Waals surface area contributed by atoms with E-state index in [9.17, 15) is 14.4 Å². The first kappa shape index (κ1) is 16.0. The molecule has 1 atom stereocenters. The average molecular weight is 305 g/mol. The molecule has 1 unspecified atom stereocenters. The van der Waals surface area contributed by atoms with E-state index in [2.05, 4.69) is 10.6 Å². The predicted molar refractivity (Wildman–Crippen MR) is 79.3 cm³/mol. The maximum atomic E-state index is 12.1. The van der Waals surface area contributed by atoms with Crippen LogP contribution in [0.15, 0.2) is 24.3 Å². The summed E-state index contributed by atoms with van der Waals surface area (Å²) in [6.07, 6.45) is 2.81. The minimum absolute atomic E-state index is 0.230. The molecule has 0 fully saturated rings. The molecule has 0 radical (unpaired) electrons. The van der Waals surface area contributed by atoms with Crippen LogP contribution in [-0.2, 0) is 9.59 Å². The first-order chi connectivity index (χ1) is 10.6. The molecule has 7 nitrogen and oxygen atoms in total. The van der Waals surface area contributed by atoms with Gasteiger partial charge in [-0.15, -0.1) is 0 Å². The van der Waals surface area contributed by atoms with Gasteiger partial charge in [-0.25, -0.2) is 5.48 Å². The molecule has 0 saturated carbocycles. The quantitative estimate of drug-likeness (QED) is 0.360. The van der Waals surface area contributed by atoms with Gasteiger partial charge in [0.2, 0.25) is 11.8 Å². The zero-order valence-electron chi connectivity index (χ0n) is 12.1. The molecule has 1 aliphatic heterocycles. The van der Waals surface area contributed by atoms with E-state index in [1.165, 1.54) is 0 Å². The summed E-state index contributed by atoms with van der Waals surface area (Å²) in [7, 11) is 0. The third-order valence-corrected chi connectivity index (χ3v) is 3.57. The molecule has 4 N–H and O–H groups in total. The Morgan fingerprint density at radius 2 is 1.95 bits per heavy atom. The molecule has 22 heavy (non-hydrogen) atoms. The van der Waals surface area contributed by atoms with E-state index in [-0.39, 0.29) is 18.2 Å². The number of fused-ring (bicyclic) bond motifs is 1. The maximum absolute atomic E-state index is 12.1. The third kappa shape index (κ3) is 4.05. The number of rotatable bonds is 6. The molecule has 0 saturated heterocycles. The molecule has 0 aliphatic carbocycles. The highest BCUT2D eigenvalue weighted by atomic mass is 16.5. The molecule has 0 bridgehead atoms. The van der Waals surface area contributed by atoms with Crippen molar-refractivity contribution in [2.75, 3.05) is 5.32 Å². The van der Waals surface area contributed by atoms with Gasteiger partial charge in [-0.2, -0.15) is 0 Å². The van der Waals surface area contributed by atoms with E-state index >= 15 is 0 Å². The molecule has 2 rings (SSSR count). The summed E-state index contributed by atoms with van der Waals surface area (Å²) in [5.74, 6) is -0.916. The molecule has 1 aromatic rings. The summed E-state index contributed by atoms with van der Waals surface area (Å²) in [5, 5.41) is 13.9. The normalized spacial score (nSPS) is 17.0. The number of carbonyl (C=O) groups excluding carboxylic acids is 3. The maximum Gasteiger partial charge on any atom is 0.254 e. The fourth-order valence-electron chi connectivity index (χ4n) is 2.38. The van der Waals surface area contributed by atoms with Gasteiger partial charge in [0.15, 0.2) is 0 Å². The third-order valence-electron chi connectivity index (χ3n) is 3.57. The van der Waals surface area contributed by atoms with E-state index in [0.29, 0.717) is 30.5 Å². The Bertz CT molecular complexity index is 574. The second-order valence-electron chi connectivity index (χ2n) is 5.20. The zero-order valence-corrected chi connectivity index (χ0v) is 12.1.